The average molecular weight is 294 g/mol. The summed E-state index contributed by atoms with van der Waals surface area (Å²) in [5.41, 5.74) is 2.00. The Kier molecular flexibility index (Phi) is 6.11. The molecule has 0 aromatic heterocycles. The van der Waals surface area contributed by atoms with Crippen LogP contribution in [0.25, 0.3) is 6.08 Å². The molecule has 0 saturated carbocycles. The van der Waals surface area contributed by atoms with Gasteiger partial charge in [-0.15, -0.1) is 0 Å². The van der Waals surface area contributed by atoms with Crippen molar-refractivity contribution >= 4 is 11.9 Å². The zero-order valence-electron chi connectivity index (χ0n) is 12.9. The molecule has 0 radical (unpaired) electrons. The highest BCUT2D eigenvalue weighted by atomic mass is 16.3. The summed E-state index contributed by atoms with van der Waals surface area (Å²) in [6.07, 6.45) is 3.57. The zero-order chi connectivity index (χ0) is 15.8. The lowest BCUT2D eigenvalue weighted by molar-refractivity contribution is 0.0984. The van der Waals surface area contributed by atoms with E-state index in [-0.39, 0.29) is 5.78 Å². The number of aliphatic hydroxyl groups is 1. The molecule has 114 valence electrons. The van der Waals surface area contributed by atoms with Crippen LogP contribution < -0.4 is 0 Å². The molecule has 0 saturated heterocycles. The molecule has 2 heteroatoms. The molecule has 1 unspecified atom stereocenters. The van der Waals surface area contributed by atoms with Gasteiger partial charge in [-0.3, -0.25) is 4.79 Å². The van der Waals surface area contributed by atoms with E-state index in [9.17, 15) is 9.90 Å². The van der Waals surface area contributed by atoms with Crippen molar-refractivity contribution < 1.29 is 9.90 Å². The normalized spacial score (nSPS) is 12.9. The van der Waals surface area contributed by atoms with Gasteiger partial charge in [0, 0.05) is 11.1 Å². The number of unbranched alkanes of at least 4 members (excludes halogenated alkanes) is 1. The molecule has 0 aliphatic carbocycles. The van der Waals surface area contributed by atoms with Crippen molar-refractivity contribution in [2.24, 2.45) is 0 Å². The van der Waals surface area contributed by atoms with Gasteiger partial charge >= 0.3 is 0 Å². The lowest BCUT2D eigenvalue weighted by Gasteiger charge is -2.14. The second-order valence-electron chi connectivity index (χ2n) is 5.36. The molecular weight excluding hydrogens is 272 g/mol. The Bertz CT molecular complexity index is 615. The van der Waals surface area contributed by atoms with Crippen molar-refractivity contribution in [2.75, 3.05) is 0 Å². The summed E-state index contributed by atoms with van der Waals surface area (Å²) in [7, 11) is 0. The number of ketones is 1. The molecule has 1 N–H and O–H groups in total. The summed E-state index contributed by atoms with van der Waals surface area (Å²) < 4.78 is 0. The smallest absolute Gasteiger partial charge is 0.191 e. The van der Waals surface area contributed by atoms with Crippen molar-refractivity contribution in [3.8, 4) is 0 Å². The maximum absolute atomic E-state index is 12.7. The Hall–Kier alpha value is -2.19. The Labute approximate surface area is 132 Å². The molecule has 0 fully saturated rings. The summed E-state index contributed by atoms with van der Waals surface area (Å²) in [4.78, 5) is 12.7. The van der Waals surface area contributed by atoms with Crippen LogP contribution in [0.15, 0.2) is 66.2 Å². The maximum atomic E-state index is 12.7. The number of benzene rings is 2. The SMILES string of the molecule is CCCCC(O)/C(=C/c1ccccc1)C(=O)c1ccccc1. The third-order valence-electron chi connectivity index (χ3n) is 3.61. The van der Waals surface area contributed by atoms with Crippen LogP contribution in [0.2, 0.25) is 0 Å². The van der Waals surface area contributed by atoms with Crippen molar-refractivity contribution in [3.05, 3.63) is 77.4 Å². The number of aliphatic hydroxyl groups excluding tert-OH is 1. The Balaban J connectivity index is 2.33. The third kappa shape index (κ3) is 4.40. The number of hydrogen-bond donors (Lipinski definition) is 1. The van der Waals surface area contributed by atoms with E-state index in [1.165, 1.54) is 0 Å². The summed E-state index contributed by atoms with van der Waals surface area (Å²) in [5.74, 6) is -0.104. The topological polar surface area (TPSA) is 37.3 Å². The van der Waals surface area contributed by atoms with E-state index in [0.29, 0.717) is 17.6 Å². The first-order valence-corrected chi connectivity index (χ1v) is 7.77. The van der Waals surface area contributed by atoms with Gasteiger partial charge in [0.1, 0.15) is 0 Å². The van der Waals surface area contributed by atoms with Crippen molar-refractivity contribution in [1.82, 2.24) is 0 Å². The number of rotatable bonds is 7. The van der Waals surface area contributed by atoms with E-state index in [2.05, 4.69) is 6.92 Å². The van der Waals surface area contributed by atoms with Gasteiger partial charge in [0.15, 0.2) is 5.78 Å². The first-order chi connectivity index (χ1) is 10.7. The molecule has 2 aromatic rings. The second kappa shape index (κ2) is 8.30. The monoisotopic (exact) mass is 294 g/mol. The second-order valence-corrected chi connectivity index (χ2v) is 5.36. The minimum absolute atomic E-state index is 0.104. The fraction of sp³-hybridized carbons (Fsp3) is 0.250. The standard InChI is InChI=1S/C20H22O2/c1-2-3-14-19(21)18(15-16-10-6-4-7-11-16)20(22)17-12-8-5-9-13-17/h4-13,15,19,21H,2-3,14H2,1H3/b18-15-. The summed E-state index contributed by atoms with van der Waals surface area (Å²) in [5, 5.41) is 10.4. The number of carbonyl (C=O) groups excluding carboxylic acids is 1. The van der Waals surface area contributed by atoms with Gasteiger partial charge in [0.2, 0.25) is 0 Å². The average Bonchev–Trinajstić information content (AvgIpc) is 2.58. The number of hydrogen-bond acceptors (Lipinski definition) is 2. The zero-order valence-corrected chi connectivity index (χ0v) is 12.9. The maximum Gasteiger partial charge on any atom is 0.191 e. The van der Waals surface area contributed by atoms with E-state index < -0.39 is 6.10 Å². The molecule has 0 spiro atoms. The Morgan fingerprint density at radius 2 is 1.64 bits per heavy atom. The highest BCUT2D eigenvalue weighted by Gasteiger charge is 2.19. The van der Waals surface area contributed by atoms with E-state index in [1.807, 2.05) is 48.5 Å². The van der Waals surface area contributed by atoms with Crippen molar-refractivity contribution in [2.45, 2.75) is 32.3 Å². The van der Waals surface area contributed by atoms with Crippen molar-refractivity contribution in [1.29, 1.82) is 0 Å². The molecule has 2 rings (SSSR count). The Morgan fingerprint density at radius 3 is 2.23 bits per heavy atom. The third-order valence-corrected chi connectivity index (χ3v) is 3.61. The predicted molar refractivity (Wildman–Crippen MR) is 90.7 cm³/mol. The number of Topliss-reactive ketones (excluding diaryl/α,β-unsaturated/α-hetero) is 1. The van der Waals surface area contributed by atoms with Gasteiger partial charge in [-0.1, -0.05) is 80.4 Å². The van der Waals surface area contributed by atoms with Crippen LogP contribution in [0.3, 0.4) is 0 Å². The van der Waals surface area contributed by atoms with Crippen LogP contribution in [-0.4, -0.2) is 17.0 Å². The van der Waals surface area contributed by atoms with Gasteiger partial charge in [-0.05, 0) is 18.1 Å². The predicted octanol–water partition coefficient (Wildman–Crippen LogP) is 4.50. The molecule has 0 aliphatic rings. The largest absolute Gasteiger partial charge is 0.388 e. The van der Waals surface area contributed by atoms with Crippen LogP contribution in [0.5, 0.6) is 0 Å². The first kappa shape index (κ1) is 16.2. The van der Waals surface area contributed by atoms with Gasteiger partial charge in [0.25, 0.3) is 0 Å². The van der Waals surface area contributed by atoms with Crippen LogP contribution in [0.4, 0.5) is 0 Å². The van der Waals surface area contributed by atoms with Crippen LogP contribution >= 0.6 is 0 Å². The summed E-state index contributed by atoms with van der Waals surface area (Å²) in [6.45, 7) is 2.08. The molecule has 2 aromatic carbocycles. The summed E-state index contributed by atoms with van der Waals surface area (Å²) in [6, 6.07) is 18.8. The van der Waals surface area contributed by atoms with Gasteiger partial charge < -0.3 is 5.11 Å². The van der Waals surface area contributed by atoms with Gasteiger partial charge in [-0.2, -0.15) is 0 Å². The fourth-order valence-electron chi connectivity index (χ4n) is 2.35. The molecule has 2 nitrogen and oxygen atoms in total. The highest BCUT2D eigenvalue weighted by Crippen LogP contribution is 2.19. The van der Waals surface area contributed by atoms with E-state index >= 15 is 0 Å². The minimum Gasteiger partial charge on any atom is -0.388 e. The summed E-state index contributed by atoms with van der Waals surface area (Å²) >= 11 is 0. The fourth-order valence-corrected chi connectivity index (χ4v) is 2.35. The molecule has 1 atom stereocenters. The quantitative estimate of drug-likeness (QED) is 0.603. The van der Waals surface area contributed by atoms with Gasteiger partial charge in [0.05, 0.1) is 6.10 Å². The van der Waals surface area contributed by atoms with Gasteiger partial charge in [-0.25, -0.2) is 0 Å². The lowest BCUT2D eigenvalue weighted by Crippen LogP contribution is -2.18. The van der Waals surface area contributed by atoms with Crippen LogP contribution in [0.1, 0.15) is 42.1 Å². The van der Waals surface area contributed by atoms with E-state index in [1.54, 1.807) is 18.2 Å². The Morgan fingerprint density at radius 1 is 1.05 bits per heavy atom. The minimum atomic E-state index is -0.729. The molecule has 0 heterocycles. The highest BCUT2D eigenvalue weighted by molar-refractivity contribution is 6.11. The molecule has 0 amide bonds. The van der Waals surface area contributed by atoms with Crippen molar-refractivity contribution in [3.63, 3.8) is 0 Å². The molecule has 0 aliphatic heterocycles. The lowest BCUT2D eigenvalue weighted by atomic mass is 9.94. The number of carbonyl (C=O) groups is 1. The van der Waals surface area contributed by atoms with E-state index in [4.69, 9.17) is 0 Å². The first-order valence-electron chi connectivity index (χ1n) is 7.77. The van der Waals surface area contributed by atoms with E-state index in [0.717, 1.165) is 18.4 Å². The molecule has 0 bridgehead atoms. The molecular formula is C20H22O2. The van der Waals surface area contributed by atoms with Crippen LogP contribution in [-0.2, 0) is 0 Å². The molecule has 22 heavy (non-hydrogen) atoms. The van der Waals surface area contributed by atoms with Crippen LogP contribution in [0, 0.1) is 0 Å².